The van der Waals surface area contributed by atoms with Gasteiger partial charge in [-0.3, -0.25) is 0 Å². The highest BCUT2D eigenvalue weighted by Gasteiger charge is 2.03. The molecule has 0 bridgehead atoms. The van der Waals surface area contributed by atoms with Gasteiger partial charge in [-0.2, -0.15) is 0 Å². The number of aryl methyl sites for hydroxylation is 1. The minimum atomic E-state index is -0.847. The molecular weight excluding hydrogens is 199 g/mol. The topological polar surface area (TPSA) is 26.3 Å². The zero-order chi connectivity index (χ0) is 9.14. The highest BCUT2D eigenvalue weighted by molar-refractivity contribution is 6.61. The van der Waals surface area contributed by atoms with Crippen LogP contribution in [0.25, 0.3) is 0 Å². The van der Waals surface area contributed by atoms with Crippen molar-refractivity contribution in [2.24, 2.45) is 0 Å². The average Bonchev–Trinajstić information content (AvgIpc) is 1.94. The molecule has 0 aliphatic rings. The van der Waals surface area contributed by atoms with Gasteiger partial charge in [-0.25, -0.2) is 4.79 Å². The third-order valence-electron chi connectivity index (χ3n) is 1.33. The molecule has 0 fully saturated rings. The summed E-state index contributed by atoms with van der Waals surface area (Å²) in [6.07, 6.45) is 0. The van der Waals surface area contributed by atoms with Crippen molar-refractivity contribution >= 4 is 28.6 Å². The van der Waals surface area contributed by atoms with Crippen molar-refractivity contribution in [1.29, 1.82) is 0 Å². The summed E-state index contributed by atoms with van der Waals surface area (Å²) < 4.78 is 4.67. The Kier molecular flexibility index (Phi) is 2.95. The molecule has 0 N–H and O–H groups in total. The minimum Gasteiger partial charge on any atom is -0.414 e. The van der Waals surface area contributed by atoms with Crippen molar-refractivity contribution in [3.05, 3.63) is 28.8 Å². The Morgan fingerprint density at radius 2 is 2.17 bits per heavy atom. The molecule has 0 aromatic heterocycles. The van der Waals surface area contributed by atoms with Gasteiger partial charge in [-0.05, 0) is 30.7 Å². The van der Waals surface area contributed by atoms with Gasteiger partial charge in [0.15, 0.2) is 0 Å². The maximum atomic E-state index is 10.4. The lowest BCUT2D eigenvalue weighted by atomic mass is 10.2. The van der Waals surface area contributed by atoms with E-state index in [0.717, 1.165) is 5.56 Å². The predicted molar refractivity (Wildman–Crippen MR) is 48.1 cm³/mol. The van der Waals surface area contributed by atoms with Crippen LogP contribution < -0.4 is 4.74 Å². The van der Waals surface area contributed by atoms with Crippen LogP contribution in [0.2, 0.25) is 5.02 Å². The fourth-order valence-corrected chi connectivity index (χ4v) is 1.12. The number of hydrogen-bond acceptors (Lipinski definition) is 2. The molecule has 1 aromatic rings. The zero-order valence-electron chi connectivity index (χ0n) is 6.30. The third kappa shape index (κ3) is 2.40. The summed E-state index contributed by atoms with van der Waals surface area (Å²) in [5.41, 5.74) is -0.0723. The van der Waals surface area contributed by atoms with E-state index in [9.17, 15) is 4.79 Å². The van der Waals surface area contributed by atoms with E-state index < -0.39 is 5.43 Å². The lowest BCUT2D eigenvalue weighted by Gasteiger charge is -2.03. The van der Waals surface area contributed by atoms with Crippen molar-refractivity contribution in [1.82, 2.24) is 0 Å². The van der Waals surface area contributed by atoms with E-state index in [1.165, 1.54) is 0 Å². The van der Waals surface area contributed by atoms with Gasteiger partial charge in [0.25, 0.3) is 0 Å². The van der Waals surface area contributed by atoms with E-state index in [1.54, 1.807) is 25.1 Å². The molecule has 0 saturated carbocycles. The van der Waals surface area contributed by atoms with Crippen LogP contribution in [-0.2, 0) is 0 Å². The van der Waals surface area contributed by atoms with Gasteiger partial charge < -0.3 is 4.74 Å². The van der Waals surface area contributed by atoms with Gasteiger partial charge in [0.05, 0.1) is 0 Å². The van der Waals surface area contributed by atoms with Gasteiger partial charge in [-0.15, -0.1) is 0 Å². The van der Waals surface area contributed by atoms with E-state index in [0.29, 0.717) is 10.8 Å². The van der Waals surface area contributed by atoms with Gasteiger partial charge in [-0.1, -0.05) is 11.6 Å². The van der Waals surface area contributed by atoms with Crippen LogP contribution in [-0.4, -0.2) is 5.43 Å². The summed E-state index contributed by atoms with van der Waals surface area (Å²) in [5.74, 6) is 0.430. The maximum Gasteiger partial charge on any atom is 0.409 e. The minimum absolute atomic E-state index is 0.430. The highest BCUT2D eigenvalue weighted by atomic mass is 35.5. The molecule has 0 heterocycles. The fourth-order valence-electron chi connectivity index (χ4n) is 0.814. The zero-order valence-corrected chi connectivity index (χ0v) is 7.82. The lowest BCUT2D eigenvalue weighted by molar-refractivity contribution is 0.225. The molecule has 0 atom stereocenters. The van der Waals surface area contributed by atoms with E-state index in [2.05, 4.69) is 4.74 Å². The first-order chi connectivity index (χ1) is 5.59. The summed E-state index contributed by atoms with van der Waals surface area (Å²) in [6, 6.07) is 4.92. The number of benzene rings is 1. The SMILES string of the molecule is Cc1cc(Cl)ccc1OC(=O)Cl. The van der Waals surface area contributed by atoms with Crippen molar-refractivity contribution in [3.8, 4) is 5.75 Å². The molecule has 12 heavy (non-hydrogen) atoms. The summed E-state index contributed by atoms with van der Waals surface area (Å²) in [6.45, 7) is 1.78. The van der Waals surface area contributed by atoms with Crippen LogP contribution in [0.1, 0.15) is 5.56 Å². The van der Waals surface area contributed by atoms with Crippen LogP contribution >= 0.6 is 23.2 Å². The standard InChI is InChI=1S/C8H6Cl2O2/c1-5-4-6(9)2-3-7(5)12-8(10)11/h2-4H,1H3. The molecule has 4 heteroatoms. The second-order valence-electron chi connectivity index (χ2n) is 2.25. The second kappa shape index (κ2) is 3.78. The van der Waals surface area contributed by atoms with Crippen LogP contribution in [0.4, 0.5) is 4.79 Å². The van der Waals surface area contributed by atoms with Gasteiger partial charge in [0.2, 0.25) is 0 Å². The molecule has 1 aromatic carbocycles. The molecule has 0 saturated heterocycles. The average molecular weight is 205 g/mol. The smallest absolute Gasteiger partial charge is 0.409 e. The number of halogens is 2. The Balaban J connectivity index is 2.93. The van der Waals surface area contributed by atoms with E-state index in [4.69, 9.17) is 23.2 Å². The van der Waals surface area contributed by atoms with Crippen molar-refractivity contribution in [2.75, 3.05) is 0 Å². The molecule has 0 aliphatic heterocycles. The Bertz CT molecular complexity index is 310. The number of ether oxygens (including phenoxy) is 1. The molecule has 2 nitrogen and oxygen atoms in total. The first-order valence-corrected chi connectivity index (χ1v) is 3.98. The van der Waals surface area contributed by atoms with Gasteiger partial charge in [0.1, 0.15) is 5.75 Å². The number of hydrogen-bond donors (Lipinski definition) is 0. The Morgan fingerprint density at radius 3 is 2.67 bits per heavy atom. The van der Waals surface area contributed by atoms with Crippen molar-refractivity contribution < 1.29 is 9.53 Å². The summed E-state index contributed by atoms with van der Waals surface area (Å²) in [7, 11) is 0. The van der Waals surface area contributed by atoms with Gasteiger partial charge >= 0.3 is 5.43 Å². The summed E-state index contributed by atoms with van der Waals surface area (Å²) in [5, 5.41) is 0.599. The summed E-state index contributed by atoms with van der Waals surface area (Å²) >= 11 is 10.7. The Labute approximate surface area is 80.0 Å². The summed E-state index contributed by atoms with van der Waals surface area (Å²) in [4.78, 5) is 10.4. The normalized spacial score (nSPS) is 9.58. The molecule has 0 spiro atoms. The molecule has 0 radical (unpaired) electrons. The van der Waals surface area contributed by atoms with Gasteiger partial charge in [0, 0.05) is 16.6 Å². The van der Waals surface area contributed by atoms with Crippen molar-refractivity contribution in [2.45, 2.75) is 6.92 Å². The number of rotatable bonds is 1. The molecule has 0 amide bonds. The molecule has 1 rings (SSSR count). The van der Waals surface area contributed by atoms with E-state index >= 15 is 0 Å². The monoisotopic (exact) mass is 204 g/mol. The van der Waals surface area contributed by atoms with E-state index in [-0.39, 0.29) is 0 Å². The molecule has 64 valence electrons. The quantitative estimate of drug-likeness (QED) is 0.656. The molecule has 0 aliphatic carbocycles. The number of carbonyl (C=O) groups is 1. The molecular formula is C8H6Cl2O2. The fraction of sp³-hybridized carbons (Fsp3) is 0.125. The largest absolute Gasteiger partial charge is 0.414 e. The molecule has 0 unspecified atom stereocenters. The predicted octanol–water partition coefficient (Wildman–Crippen LogP) is 3.39. The van der Waals surface area contributed by atoms with Crippen LogP contribution in [0.3, 0.4) is 0 Å². The highest BCUT2D eigenvalue weighted by Crippen LogP contribution is 2.22. The van der Waals surface area contributed by atoms with Crippen LogP contribution in [0.5, 0.6) is 5.75 Å². The maximum absolute atomic E-state index is 10.4. The second-order valence-corrected chi connectivity index (χ2v) is 2.99. The Morgan fingerprint density at radius 1 is 1.50 bits per heavy atom. The number of carbonyl (C=O) groups excluding carboxylic acids is 1. The third-order valence-corrected chi connectivity index (χ3v) is 1.64. The lowest BCUT2D eigenvalue weighted by Crippen LogP contribution is -1.97. The van der Waals surface area contributed by atoms with Crippen molar-refractivity contribution in [3.63, 3.8) is 0 Å². The Hall–Kier alpha value is -0.730. The van der Waals surface area contributed by atoms with Crippen LogP contribution in [0, 0.1) is 6.92 Å². The first-order valence-electron chi connectivity index (χ1n) is 3.23. The first kappa shape index (κ1) is 9.36. The van der Waals surface area contributed by atoms with Crippen LogP contribution in [0.15, 0.2) is 18.2 Å². The van der Waals surface area contributed by atoms with E-state index in [1.807, 2.05) is 0 Å².